The fraction of sp³-hybridized carbons (Fsp3) is 0.300. The van der Waals surface area contributed by atoms with Crippen LogP contribution in [0.1, 0.15) is 65.1 Å². The van der Waals surface area contributed by atoms with Gasteiger partial charge in [0.1, 0.15) is 11.6 Å². The Labute approximate surface area is 247 Å². The first-order valence-electron chi connectivity index (χ1n) is 13.2. The highest BCUT2D eigenvalue weighted by Gasteiger charge is 2.35. The normalized spacial score (nSPS) is 13.1. The van der Waals surface area contributed by atoms with Crippen molar-refractivity contribution in [3.8, 4) is 5.75 Å². The molecule has 3 rings (SSSR count). The lowest BCUT2D eigenvalue weighted by Crippen LogP contribution is -2.28. The lowest BCUT2D eigenvalue weighted by molar-refractivity contribution is -0.274. The lowest BCUT2D eigenvalue weighted by Gasteiger charge is -2.28. The van der Waals surface area contributed by atoms with E-state index in [0.29, 0.717) is 24.5 Å². The van der Waals surface area contributed by atoms with E-state index in [1.165, 1.54) is 24.3 Å². The van der Waals surface area contributed by atoms with Crippen LogP contribution in [0.5, 0.6) is 5.75 Å². The molecule has 14 heteroatoms. The van der Waals surface area contributed by atoms with Crippen molar-refractivity contribution in [2.45, 2.75) is 50.6 Å². The van der Waals surface area contributed by atoms with Crippen LogP contribution in [0.2, 0.25) is 0 Å². The lowest BCUT2D eigenvalue weighted by atomic mass is 9.78. The zero-order valence-corrected chi connectivity index (χ0v) is 23.1. The molecule has 2 amide bonds. The third-order valence-electron chi connectivity index (χ3n) is 6.54. The predicted octanol–water partition coefficient (Wildman–Crippen LogP) is 7.25. The molecule has 0 saturated heterocycles. The standard InChI is InChI=1S/C30H27F7N2O5/c1-2-3-22(17-4-6-19(7-5-17)27(42)38-15-14-25(40)41)26(18-8-11-21(12-9-18)44-30(35,36)37)28(43)39-24-13-10-20(16-23(24)31)29(32,33)34/h4-13,16,22,26H,2-3,14-15H2,1H3,(H,38,42)(H,39,43)(H,40,41). The van der Waals surface area contributed by atoms with Crippen molar-refractivity contribution in [2.24, 2.45) is 0 Å². The minimum Gasteiger partial charge on any atom is -0.481 e. The maximum atomic E-state index is 14.6. The molecule has 0 bridgehead atoms. The number of hydrogen-bond acceptors (Lipinski definition) is 4. The third kappa shape index (κ3) is 9.44. The van der Waals surface area contributed by atoms with E-state index in [9.17, 15) is 45.1 Å². The van der Waals surface area contributed by atoms with Crippen molar-refractivity contribution in [1.29, 1.82) is 0 Å². The maximum Gasteiger partial charge on any atom is 0.573 e. The molecule has 0 radical (unpaired) electrons. The molecule has 2 atom stereocenters. The second-order valence-electron chi connectivity index (χ2n) is 9.69. The number of rotatable bonds is 12. The summed E-state index contributed by atoms with van der Waals surface area (Å²) in [5, 5.41) is 13.5. The zero-order valence-electron chi connectivity index (χ0n) is 23.1. The van der Waals surface area contributed by atoms with E-state index in [2.05, 4.69) is 15.4 Å². The molecule has 3 aromatic rings. The van der Waals surface area contributed by atoms with Crippen molar-refractivity contribution >= 4 is 23.5 Å². The SMILES string of the molecule is CCCC(c1ccc(C(=O)NCCC(=O)O)cc1)C(C(=O)Nc1ccc(C(F)(F)F)cc1F)c1ccc(OC(F)(F)F)cc1. The number of hydrogen-bond donors (Lipinski definition) is 3. The first kappa shape index (κ1) is 33.9. The second-order valence-corrected chi connectivity index (χ2v) is 9.69. The summed E-state index contributed by atoms with van der Waals surface area (Å²) >= 11 is 0. The van der Waals surface area contributed by atoms with Crippen LogP contribution < -0.4 is 15.4 Å². The van der Waals surface area contributed by atoms with Gasteiger partial charge in [-0.15, -0.1) is 13.2 Å². The van der Waals surface area contributed by atoms with Gasteiger partial charge in [0, 0.05) is 12.1 Å². The Morgan fingerprint density at radius 2 is 1.50 bits per heavy atom. The predicted molar refractivity (Wildman–Crippen MR) is 145 cm³/mol. The van der Waals surface area contributed by atoms with Gasteiger partial charge in [-0.05, 0) is 65.9 Å². The minimum absolute atomic E-state index is 0.106. The van der Waals surface area contributed by atoms with Crippen LogP contribution in [0.4, 0.5) is 36.4 Å². The van der Waals surface area contributed by atoms with Crippen LogP contribution in [0.3, 0.4) is 0 Å². The van der Waals surface area contributed by atoms with Gasteiger partial charge in [-0.1, -0.05) is 37.6 Å². The van der Waals surface area contributed by atoms with Crippen LogP contribution >= 0.6 is 0 Å². The topological polar surface area (TPSA) is 105 Å². The smallest absolute Gasteiger partial charge is 0.481 e. The molecule has 0 fully saturated rings. The third-order valence-corrected chi connectivity index (χ3v) is 6.54. The summed E-state index contributed by atoms with van der Waals surface area (Å²) in [6.45, 7) is 1.70. The van der Waals surface area contributed by atoms with Crippen molar-refractivity contribution in [3.63, 3.8) is 0 Å². The van der Waals surface area contributed by atoms with Gasteiger partial charge in [0.25, 0.3) is 5.91 Å². The summed E-state index contributed by atoms with van der Waals surface area (Å²) in [5.41, 5.74) is -0.874. The van der Waals surface area contributed by atoms with Gasteiger partial charge >= 0.3 is 18.5 Å². The fourth-order valence-corrected chi connectivity index (χ4v) is 4.55. The van der Waals surface area contributed by atoms with Gasteiger partial charge in [0.05, 0.1) is 23.6 Å². The van der Waals surface area contributed by atoms with E-state index in [-0.39, 0.29) is 30.2 Å². The molecular formula is C30H27F7N2O5. The number of aliphatic carboxylic acids is 1. The molecule has 0 heterocycles. The van der Waals surface area contributed by atoms with Gasteiger partial charge in [-0.25, -0.2) is 4.39 Å². The summed E-state index contributed by atoms with van der Waals surface area (Å²) in [5.74, 6) is -6.24. The molecule has 0 spiro atoms. The van der Waals surface area contributed by atoms with Gasteiger partial charge in [-0.2, -0.15) is 13.2 Å². The van der Waals surface area contributed by atoms with Crippen LogP contribution in [-0.2, 0) is 15.8 Å². The van der Waals surface area contributed by atoms with Crippen LogP contribution in [0.15, 0.2) is 66.7 Å². The van der Waals surface area contributed by atoms with E-state index in [4.69, 9.17) is 5.11 Å². The average molecular weight is 629 g/mol. The number of carboxylic acids is 1. The number of carbonyl (C=O) groups excluding carboxylic acids is 2. The van der Waals surface area contributed by atoms with E-state index in [1.807, 2.05) is 6.92 Å². The van der Waals surface area contributed by atoms with E-state index in [1.54, 1.807) is 12.1 Å². The molecule has 0 aliphatic heterocycles. The number of halogens is 7. The quantitative estimate of drug-likeness (QED) is 0.183. The van der Waals surface area contributed by atoms with E-state index in [0.717, 1.165) is 18.2 Å². The van der Waals surface area contributed by atoms with Crippen molar-refractivity contribution < 1.29 is 55.0 Å². The Bertz CT molecular complexity index is 1460. The highest BCUT2D eigenvalue weighted by Crippen LogP contribution is 2.39. The highest BCUT2D eigenvalue weighted by molar-refractivity contribution is 5.97. The Hall–Kier alpha value is -4.62. The van der Waals surface area contributed by atoms with Crippen LogP contribution in [0.25, 0.3) is 0 Å². The minimum atomic E-state index is -4.97. The van der Waals surface area contributed by atoms with Gasteiger partial charge < -0.3 is 20.5 Å². The average Bonchev–Trinajstić information content (AvgIpc) is 2.93. The molecule has 3 aromatic carbocycles. The number of carboxylic acid groups (broad SMARTS) is 1. The highest BCUT2D eigenvalue weighted by atomic mass is 19.4. The maximum absolute atomic E-state index is 14.6. The molecule has 3 N–H and O–H groups in total. The Balaban J connectivity index is 1.98. The second kappa shape index (κ2) is 14.2. The number of anilines is 1. The van der Waals surface area contributed by atoms with Gasteiger partial charge in [0.15, 0.2) is 0 Å². The van der Waals surface area contributed by atoms with Crippen LogP contribution in [0, 0.1) is 5.82 Å². The molecule has 0 aliphatic carbocycles. The summed E-state index contributed by atoms with van der Waals surface area (Å²) in [6.07, 6.45) is -9.23. The molecule has 236 valence electrons. The molecule has 0 saturated carbocycles. The first-order chi connectivity index (χ1) is 20.6. The Morgan fingerprint density at radius 3 is 2.02 bits per heavy atom. The van der Waals surface area contributed by atoms with Gasteiger partial charge in [0.2, 0.25) is 5.91 Å². The largest absolute Gasteiger partial charge is 0.573 e. The molecule has 0 aliphatic rings. The first-order valence-corrected chi connectivity index (χ1v) is 13.2. The molecule has 0 aromatic heterocycles. The summed E-state index contributed by atoms with van der Waals surface area (Å²) in [4.78, 5) is 36.8. The molecule has 7 nitrogen and oxygen atoms in total. The summed E-state index contributed by atoms with van der Waals surface area (Å²) < 4.78 is 95.7. The number of carbonyl (C=O) groups is 3. The summed E-state index contributed by atoms with van der Waals surface area (Å²) in [6, 6.07) is 12.0. The van der Waals surface area contributed by atoms with Gasteiger partial charge in [-0.3, -0.25) is 14.4 Å². The van der Waals surface area contributed by atoms with E-state index >= 15 is 0 Å². The van der Waals surface area contributed by atoms with Crippen LogP contribution in [-0.4, -0.2) is 35.8 Å². The molecule has 2 unspecified atom stereocenters. The molecule has 44 heavy (non-hydrogen) atoms. The van der Waals surface area contributed by atoms with E-state index < -0.39 is 65.0 Å². The Kier molecular flexibility index (Phi) is 11.0. The monoisotopic (exact) mass is 628 g/mol. The molecular weight excluding hydrogens is 601 g/mol. The fourth-order valence-electron chi connectivity index (χ4n) is 4.55. The number of ether oxygens (including phenoxy) is 1. The Morgan fingerprint density at radius 1 is 0.886 bits per heavy atom. The number of alkyl halides is 6. The van der Waals surface area contributed by atoms with Crippen molar-refractivity contribution in [2.75, 3.05) is 11.9 Å². The summed E-state index contributed by atoms with van der Waals surface area (Å²) in [7, 11) is 0. The zero-order chi connectivity index (χ0) is 32.7. The number of benzene rings is 3. The number of nitrogens with one attached hydrogen (secondary N) is 2. The number of amides is 2. The van der Waals surface area contributed by atoms with Crippen molar-refractivity contribution in [1.82, 2.24) is 5.32 Å². The van der Waals surface area contributed by atoms with Crippen molar-refractivity contribution in [3.05, 3.63) is 94.8 Å².